The van der Waals surface area contributed by atoms with Crippen molar-refractivity contribution < 1.29 is 20.1 Å². The third-order valence-electron chi connectivity index (χ3n) is 10.8. The van der Waals surface area contributed by atoms with E-state index in [2.05, 4.69) is 34.3 Å². The zero-order chi connectivity index (χ0) is 23.6. The molecule has 180 valence electrons. The van der Waals surface area contributed by atoms with E-state index >= 15 is 0 Å². The van der Waals surface area contributed by atoms with Crippen LogP contribution in [0.3, 0.4) is 0 Å². The van der Waals surface area contributed by atoms with Crippen LogP contribution in [0, 0.1) is 46.3 Å². The molecule has 4 aliphatic rings. The van der Waals surface area contributed by atoms with Crippen molar-refractivity contribution in [2.45, 2.75) is 97.4 Å². The SMILES string of the molecule is C=C(CC[C@@H](C)[C@H]1CC[C@H]2[C@@H]3C[C@@H](O)[C@@]4(O)CC=CC(=O)[C@]4(C)[C@H]3[C@H](O)C[C@]12C)C(C)C. The summed E-state index contributed by atoms with van der Waals surface area (Å²) in [6, 6.07) is 0. The van der Waals surface area contributed by atoms with Crippen molar-refractivity contribution in [2.75, 3.05) is 0 Å². The standard InChI is InChI=1S/C28H44O4/c1-16(2)17(3)9-10-18(4)20-11-12-21-19-14-24(31)28(32)13-7-8-23(30)27(28,6)25(19)22(29)15-26(20,21)5/h7-8,16,18-22,24-25,29,31-32H,3,9-15H2,1-2,4-6H3/t18-,19+,20-,21+,22-,24-,25-,26-,27-,28+/m1/s1. The molecular weight excluding hydrogens is 400 g/mol. The third kappa shape index (κ3) is 3.23. The normalized spacial score (nSPS) is 48.8. The van der Waals surface area contributed by atoms with E-state index in [0.717, 1.165) is 25.7 Å². The van der Waals surface area contributed by atoms with Crippen molar-refractivity contribution in [3.63, 3.8) is 0 Å². The van der Waals surface area contributed by atoms with Crippen LogP contribution < -0.4 is 0 Å². The van der Waals surface area contributed by atoms with E-state index < -0.39 is 23.2 Å². The molecule has 0 unspecified atom stereocenters. The van der Waals surface area contributed by atoms with E-state index in [4.69, 9.17) is 0 Å². The summed E-state index contributed by atoms with van der Waals surface area (Å²) in [5, 5.41) is 34.2. The lowest BCUT2D eigenvalue weighted by Gasteiger charge is -2.64. The summed E-state index contributed by atoms with van der Waals surface area (Å²) in [4.78, 5) is 13.2. The van der Waals surface area contributed by atoms with Gasteiger partial charge < -0.3 is 15.3 Å². The molecule has 10 atom stereocenters. The molecule has 4 nitrogen and oxygen atoms in total. The van der Waals surface area contributed by atoms with E-state index in [-0.39, 0.29) is 29.5 Å². The van der Waals surface area contributed by atoms with Gasteiger partial charge in [0.2, 0.25) is 0 Å². The van der Waals surface area contributed by atoms with Gasteiger partial charge in [0, 0.05) is 5.92 Å². The van der Waals surface area contributed by atoms with Gasteiger partial charge in [0.15, 0.2) is 5.78 Å². The molecule has 3 saturated carbocycles. The van der Waals surface area contributed by atoms with Gasteiger partial charge in [-0.15, -0.1) is 0 Å². The Morgan fingerprint density at radius 2 is 1.91 bits per heavy atom. The Kier molecular flexibility index (Phi) is 6.09. The Balaban J connectivity index is 1.62. The Bertz CT molecular complexity index is 801. The van der Waals surface area contributed by atoms with Crippen LogP contribution in [0.4, 0.5) is 0 Å². The molecule has 0 amide bonds. The van der Waals surface area contributed by atoms with Gasteiger partial charge in [-0.3, -0.25) is 4.79 Å². The highest BCUT2D eigenvalue weighted by Crippen LogP contribution is 2.68. The molecule has 0 bridgehead atoms. The van der Waals surface area contributed by atoms with Crippen LogP contribution >= 0.6 is 0 Å². The minimum absolute atomic E-state index is 0.00173. The lowest BCUT2D eigenvalue weighted by molar-refractivity contribution is -0.251. The van der Waals surface area contributed by atoms with Crippen LogP contribution in [0.25, 0.3) is 0 Å². The second kappa shape index (κ2) is 8.06. The number of carbonyl (C=O) groups is 1. The number of hydrogen-bond acceptors (Lipinski definition) is 4. The van der Waals surface area contributed by atoms with Crippen LogP contribution in [0.5, 0.6) is 0 Å². The maximum Gasteiger partial charge on any atom is 0.164 e. The second-order valence-corrected chi connectivity index (χ2v) is 12.4. The Hall–Kier alpha value is -0.970. The summed E-state index contributed by atoms with van der Waals surface area (Å²) in [5.41, 5.74) is -1.31. The molecule has 0 aromatic rings. The summed E-state index contributed by atoms with van der Waals surface area (Å²) < 4.78 is 0. The predicted molar refractivity (Wildman–Crippen MR) is 127 cm³/mol. The van der Waals surface area contributed by atoms with Gasteiger partial charge in [-0.25, -0.2) is 0 Å². The summed E-state index contributed by atoms with van der Waals surface area (Å²) in [7, 11) is 0. The minimum Gasteiger partial charge on any atom is -0.393 e. The average molecular weight is 445 g/mol. The van der Waals surface area contributed by atoms with E-state index in [1.165, 1.54) is 5.57 Å². The lowest BCUT2D eigenvalue weighted by atomic mass is 9.42. The number of allylic oxidation sites excluding steroid dienone is 2. The first-order valence-corrected chi connectivity index (χ1v) is 12.8. The molecule has 0 heterocycles. The minimum atomic E-state index is -1.49. The van der Waals surface area contributed by atoms with Gasteiger partial charge in [0.05, 0.1) is 17.6 Å². The maximum atomic E-state index is 13.2. The van der Waals surface area contributed by atoms with Gasteiger partial charge in [-0.05, 0) is 93.0 Å². The molecular formula is C28H44O4. The smallest absolute Gasteiger partial charge is 0.164 e. The van der Waals surface area contributed by atoms with E-state index in [9.17, 15) is 20.1 Å². The largest absolute Gasteiger partial charge is 0.393 e. The van der Waals surface area contributed by atoms with Gasteiger partial charge in [-0.2, -0.15) is 0 Å². The van der Waals surface area contributed by atoms with Crippen LogP contribution in [-0.4, -0.2) is 38.9 Å². The molecule has 0 saturated heterocycles. The maximum absolute atomic E-state index is 13.2. The fraction of sp³-hybridized carbons (Fsp3) is 0.821. The summed E-state index contributed by atoms with van der Waals surface area (Å²) in [6.07, 6.45) is 7.48. The van der Waals surface area contributed by atoms with Crippen LogP contribution in [0.1, 0.15) is 79.6 Å². The molecule has 0 aromatic heterocycles. The monoisotopic (exact) mass is 444 g/mol. The quantitative estimate of drug-likeness (QED) is 0.538. The fourth-order valence-electron chi connectivity index (χ4n) is 8.71. The Labute approximate surface area is 194 Å². The zero-order valence-electron chi connectivity index (χ0n) is 20.7. The summed E-state index contributed by atoms with van der Waals surface area (Å²) in [6.45, 7) is 15.2. The molecule has 0 aliphatic heterocycles. The van der Waals surface area contributed by atoms with Crippen molar-refractivity contribution in [3.05, 3.63) is 24.3 Å². The first-order chi connectivity index (χ1) is 14.9. The molecule has 3 N–H and O–H groups in total. The first-order valence-electron chi connectivity index (χ1n) is 12.8. The van der Waals surface area contributed by atoms with Crippen molar-refractivity contribution >= 4 is 5.78 Å². The first kappa shape index (κ1) is 24.2. The Morgan fingerprint density at radius 1 is 1.22 bits per heavy atom. The molecule has 3 fully saturated rings. The van der Waals surface area contributed by atoms with E-state index in [1.54, 1.807) is 19.1 Å². The second-order valence-electron chi connectivity index (χ2n) is 12.4. The van der Waals surface area contributed by atoms with E-state index in [0.29, 0.717) is 36.5 Å². The molecule has 4 rings (SSSR count). The molecule has 0 spiro atoms. The summed E-state index contributed by atoms with van der Waals surface area (Å²) >= 11 is 0. The molecule has 4 heteroatoms. The number of fused-ring (bicyclic) bond motifs is 5. The van der Waals surface area contributed by atoms with Gasteiger partial charge >= 0.3 is 0 Å². The molecule has 0 radical (unpaired) electrons. The number of aliphatic hydroxyl groups excluding tert-OH is 2. The number of ketones is 1. The van der Waals surface area contributed by atoms with E-state index in [1.807, 2.05) is 0 Å². The highest BCUT2D eigenvalue weighted by atomic mass is 16.3. The fourth-order valence-corrected chi connectivity index (χ4v) is 8.71. The molecule has 4 aliphatic carbocycles. The highest BCUT2D eigenvalue weighted by molar-refractivity contribution is 5.97. The number of rotatable bonds is 5. The van der Waals surface area contributed by atoms with Crippen LogP contribution in [0.15, 0.2) is 24.3 Å². The van der Waals surface area contributed by atoms with Crippen molar-refractivity contribution in [2.24, 2.45) is 46.3 Å². The van der Waals surface area contributed by atoms with Crippen LogP contribution in [0.2, 0.25) is 0 Å². The summed E-state index contributed by atoms with van der Waals surface area (Å²) in [5.74, 6) is 1.56. The van der Waals surface area contributed by atoms with Gasteiger partial charge in [0.1, 0.15) is 5.60 Å². The predicted octanol–water partition coefficient (Wildman–Crippen LogP) is 4.68. The third-order valence-corrected chi connectivity index (χ3v) is 10.8. The van der Waals surface area contributed by atoms with Crippen molar-refractivity contribution in [1.82, 2.24) is 0 Å². The highest BCUT2D eigenvalue weighted by Gasteiger charge is 2.71. The molecule has 0 aromatic carbocycles. The number of carbonyl (C=O) groups excluding carboxylic acids is 1. The van der Waals surface area contributed by atoms with Gasteiger partial charge in [0.25, 0.3) is 0 Å². The zero-order valence-corrected chi connectivity index (χ0v) is 20.7. The van der Waals surface area contributed by atoms with Gasteiger partial charge in [-0.1, -0.05) is 45.9 Å². The van der Waals surface area contributed by atoms with Crippen molar-refractivity contribution in [1.29, 1.82) is 0 Å². The number of hydrogen-bond donors (Lipinski definition) is 3. The lowest BCUT2D eigenvalue weighted by Crippen LogP contribution is -2.71. The van der Waals surface area contributed by atoms with Crippen LogP contribution in [-0.2, 0) is 4.79 Å². The Morgan fingerprint density at radius 3 is 2.56 bits per heavy atom. The molecule has 32 heavy (non-hydrogen) atoms. The topological polar surface area (TPSA) is 77.8 Å². The average Bonchev–Trinajstić information content (AvgIpc) is 3.05. The number of aliphatic hydroxyl groups is 3. The van der Waals surface area contributed by atoms with Crippen molar-refractivity contribution in [3.8, 4) is 0 Å².